The van der Waals surface area contributed by atoms with E-state index in [-0.39, 0.29) is 0 Å². The number of nitrogens with one attached hydrogen (secondary N) is 1. The summed E-state index contributed by atoms with van der Waals surface area (Å²) in [6, 6.07) is 1.55. The molecule has 0 amide bonds. The Bertz CT molecular complexity index is 360. The van der Waals surface area contributed by atoms with Crippen molar-refractivity contribution in [2.24, 2.45) is 0 Å². The van der Waals surface area contributed by atoms with Gasteiger partial charge in [-0.2, -0.15) is 18.3 Å². The topological polar surface area (TPSA) is 29.9 Å². The molecule has 2 atom stereocenters. The lowest BCUT2D eigenvalue weighted by Crippen LogP contribution is -2.30. The van der Waals surface area contributed by atoms with Crippen LogP contribution < -0.4 is 5.32 Å². The zero-order valence-electron chi connectivity index (χ0n) is 11.0. The molecule has 0 saturated heterocycles. The highest BCUT2D eigenvalue weighted by Crippen LogP contribution is 2.21. The maximum absolute atomic E-state index is 12.1. The molecule has 1 aromatic heterocycles. The maximum Gasteiger partial charge on any atom is 0.390 e. The van der Waals surface area contributed by atoms with Crippen LogP contribution in [0.5, 0.6) is 0 Å². The van der Waals surface area contributed by atoms with Crippen molar-refractivity contribution in [1.82, 2.24) is 15.1 Å². The van der Waals surface area contributed by atoms with Crippen molar-refractivity contribution in [3.63, 3.8) is 0 Å². The van der Waals surface area contributed by atoms with Crippen LogP contribution in [0, 0.1) is 0 Å². The van der Waals surface area contributed by atoms with Gasteiger partial charge in [-0.1, -0.05) is 6.92 Å². The monoisotopic (exact) mass is 263 g/mol. The second-order valence-electron chi connectivity index (χ2n) is 4.65. The van der Waals surface area contributed by atoms with Gasteiger partial charge in [-0.3, -0.25) is 4.68 Å². The third kappa shape index (κ3) is 5.08. The van der Waals surface area contributed by atoms with Crippen molar-refractivity contribution in [2.45, 2.75) is 58.4 Å². The molecule has 1 heterocycles. The molecule has 0 aliphatic carbocycles. The average molecular weight is 263 g/mol. The fraction of sp³-hybridized carbons (Fsp3) is 0.750. The average Bonchev–Trinajstić information content (AvgIpc) is 2.71. The summed E-state index contributed by atoms with van der Waals surface area (Å²) in [6.07, 6.45) is -2.11. The van der Waals surface area contributed by atoms with Crippen molar-refractivity contribution in [3.05, 3.63) is 18.0 Å². The number of rotatable bonds is 6. The summed E-state index contributed by atoms with van der Waals surface area (Å²) in [6.45, 7) is 6.01. The highest BCUT2D eigenvalue weighted by atomic mass is 19.4. The van der Waals surface area contributed by atoms with E-state index in [1.54, 1.807) is 0 Å². The maximum atomic E-state index is 12.1. The smallest absolute Gasteiger partial charge is 0.308 e. The van der Waals surface area contributed by atoms with E-state index < -0.39 is 18.6 Å². The second kappa shape index (κ2) is 6.22. The fourth-order valence-corrected chi connectivity index (χ4v) is 1.60. The molecule has 1 rings (SSSR count). The van der Waals surface area contributed by atoms with Crippen LogP contribution in [0.4, 0.5) is 13.2 Å². The molecule has 104 valence electrons. The number of hydrogen-bond acceptors (Lipinski definition) is 2. The zero-order chi connectivity index (χ0) is 13.8. The van der Waals surface area contributed by atoms with Gasteiger partial charge < -0.3 is 5.32 Å². The van der Waals surface area contributed by atoms with Crippen LogP contribution in [0.3, 0.4) is 0 Å². The first-order valence-electron chi connectivity index (χ1n) is 6.16. The van der Waals surface area contributed by atoms with E-state index in [1.165, 1.54) is 6.92 Å². The summed E-state index contributed by atoms with van der Waals surface area (Å²) >= 11 is 0. The van der Waals surface area contributed by atoms with Gasteiger partial charge >= 0.3 is 6.18 Å². The highest BCUT2D eigenvalue weighted by molar-refractivity contribution is 4.99. The quantitative estimate of drug-likeness (QED) is 0.853. The van der Waals surface area contributed by atoms with Crippen LogP contribution in [0.2, 0.25) is 0 Å². The van der Waals surface area contributed by atoms with Crippen molar-refractivity contribution < 1.29 is 13.2 Å². The molecule has 0 radical (unpaired) electrons. The Hall–Kier alpha value is -1.04. The number of halogens is 3. The minimum atomic E-state index is -4.12. The largest absolute Gasteiger partial charge is 0.390 e. The highest BCUT2D eigenvalue weighted by Gasteiger charge is 2.29. The lowest BCUT2D eigenvalue weighted by Gasteiger charge is -2.15. The number of hydrogen-bond donors (Lipinski definition) is 1. The Labute approximate surface area is 105 Å². The lowest BCUT2D eigenvalue weighted by atomic mass is 10.2. The zero-order valence-corrected chi connectivity index (χ0v) is 11.0. The van der Waals surface area contributed by atoms with Crippen LogP contribution >= 0.6 is 0 Å². The molecular weight excluding hydrogens is 243 g/mol. The summed E-state index contributed by atoms with van der Waals surface area (Å²) in [5.41, 5.74) is 0.768. The van der Waals surface area contributed by atoms with Gasteiger partial charge in [-0.15, -0.1) is 0 Å². The molecule has 0 aromatic carbocycles. The fourth-order valence-electron chi connectivity index (χ4n) is 1.60. The van der Waals surface area contributed by atoms with Gasteiger partial charge in [0.2, 0.25) is 0 Å². The standard InChI is InChI=1S/C12H20F3N3/c1-4-10(3)18-6-5-11(17-18)8-16-9(2)7-12(13,14)15/h5-6,9-10,16H,4,7-8H2,1-3H3. The Balaban J connectivity index is 2.42. The van der Waals surface area contributed by atoms with E-state index in [1.807, 2.05) is 16.9 Å². The first kappa shape index (κ1) is 15.0. The van der Waals surface area contributed by atoms with Gasteiger partial charge in [-0.25, -0.2) is 0 Å². The Morgan fingerprint density at radius 1 is 1.39 bits per heavy atom. The molecule has 18 heavy (non-hydrogen) atoms. The van der Waals surface area contributed by atoms with Crippen molar-refractivity contribution in [1.29, 1.82) is 0 Å². The number of nitrogens with zero attached hydrogens (tertiary/aromatic N) is 2. The van der Waals surface area contributed by atoms with Gasteiger partial charge in [0.15, 0.2) is 0 Å². The number of alkyl halides is 3. The van der Waals surface area contributed by atoms with Crippen molar-refractivity contribution in [2.75, 3.05) is 0 Å². The molecule has 6 heteroatoms. The van der Waals surface area contributed by atoms with Crippen LogP contribution in [-0.4, -0.2) is 22.0 Å². The van der Waals surface area contributed by atoms with Gasteiger partial charge in [0.05, 0.1) is 12.1 Å². The summed E-state index contributed by atoms with van der Waals surface area (Å²) in [4.78, 5) is 0. The Kier molecular flexibility index (Phi) is 5.19. The Morgan fingerprint density at radius 2 is 2.06 bits per heavy atom. The molecule has 0 aliphatic heterocycles. The summed E-state index contributed by atoms with van der Waals surface area (Å²) in [7, 11) is 0. The van der Waals surface area contributed by atoms with E-state index in [9.17, 15) is 13.2 Å². The molecule has 2 unspecified atom stereocenters. The summed E-state index contributed by atoms with van der Waals surface area (Å²) in [5, 5.41) is 7.15. The number of aromatic nitrogens is 2. The lowest BCUT2D eigenvalue weighted by molar-refractivity contribution is -0.139. The minimum Gasteiger partial charge on any atom is -0.308 e. The molecule has 0 fully saturated rings. The third-order valence-corrected chi connectivity index (χ3v) is 2.88. The van der Waals surface area contributed by atoms with Crippen LogP contribution in [0.25, 0.3) is 0 Å². The predicted molar refractivity (Wildman–Crippen MR) is 64.2 cm³/mol. The predicted octanol–water partition coefficient (Wildman–Crippen LogP) is 3.28. The molecule has 1 N–H and O–H groups in total. The van der Waals surface area contributed by atoms with E-state index in [0.29, 0.717) is 12.6 Å². The Morgan fingerprint density at radius 3 is 2.61 bits per heavy atom. The van der Waals surface area contributed by atoms with E-state index in [4.69, 9.17) is 0 Å². The van der Waals surface area contributed by atoms with Crippen molar-refractivity contribution in [3.8, 4) is 0 Å². The van der Waals surface area contributed by atoms with E-state index in [0.717, 1.165) is 12.1 Å². The first-order chi connectivity index (χ1) is 8.31. The molecule has 0 aliphatic rings. The van der Waals surface area contributed by atoms with Gasteiger partial charge in [-0.05, 0) is 26.3 Å². The molecule has 0 bridgehead atoms. The first-order valence-corrected chi connectivity index (χ1v) is 6.16. The minimum absolute atomic E-state index is 0.311. The molecular formula is C12H20F3N3. The molecule has 1 aromatic rings. The molecule has 0 saturated carbocycles. The van der Waals surface area contributed by atoms with E-state index >= 15 is 0 Å². The van der Waals surface area contributed by atoms with E-state index in [2.05, 4.69) is 24.3 Å². The second-order valence-corrected chi connectivity index (χ2v) is 4.65. The van der Waals surface area contributed by atoms with Crippen LogP contribution in [-0.2, 0) is 6.54 Å². The van der Waals surface area contributed by atoms with Crippen LogP contribution in [0.15, 0.2) is 12.3 Å². The van der Waals surface area contributed by atoms with Gasteiger partial charge in [0.1, 0.15) is 0 Å². The summed E-state index contributed by atoms with van der Waals surface area (Å²) < 4.78 is 38.2. The molecule has 0 spiro atoms. The molecule has 3 nitrogen and oxygen atoms in total. The SMILES string of the molecule is CCC(C)n1ccc(CNC(C)CC(F)(F)F)n1. The third-order valence-electron chi connectivity index (χ3n) is 2.88. The summed E-state index contributed by atoms with van der Waals surface area (Å²) in [5.74, 6) is 0. The van der Waals surface area contributed by atoms with Crippen molar-refractivity contribution >= 4 is 0 Å². The van der Waals surface area contributed by atoms with Crippen LogP contribution in [0.1, 0.15) is 45.3 Å². The van der Waals surface area contributed by atoms with Gasteiger partial charge in [0.25, 0.3) is 0 Å². The van der Waals surface area contributed by atoms with Gasteiger partial charge in [0, 0.05) is 24.8 Å². The normalized spacial score (nSPS) is 15.7.